The average molecular weight is 367 g/mol. The molecule has 0 aliphatic carbocycles. The molecular formula is C17H23BrN2O2. The van der Waals surface area contributed by atoms with Crippen LogP contribution in [0.2, 0.25) is 0 Å². The Balaban J connectivity index is 1.93. The van der Waals surface area contributed by atoms with Crippen molar-refractivity contribution < 1.29 is 9.53 Å². The molecule has 1 aromatic carbocycles. The number of amides is 1. The summed E-state index contributed by atoms with van der Waals surface area (Å²) in [4.78, 5) is 12.0. The minimum absolute atomic E-state index is 0.00738. The molecule has 1 heterocycles. The first-order valence-corrected chi connectivity index (χ1v) is 8.21. The van der Waals surface area contributed by atoms with Crippen molar-refractivity contribution in [1.82, 2.24) is 10.6 Å². The molecule has 1 aromatic rings. The maximum atomic E-state index is 12.0. The first-order chi connectivity index (χ1) is 10.2. The van der Waals surface area contributed by atoms with Gasteiger partial charge < -0.3 is 15.4 Å². The lowest BCUT2D eigenvalue weighted by Gasteiger charge is -2.24. The molecule has 1 unspecified atom stereocenters. The fourth-order valence-electron chi connectivity index (χ4n) is 2.15. The minimum Gasteiger partial charge on any atom is -0.489 e. The van der Waals surface area contributed by atoms with Crippen LogP contribution in [0.3, 0.4) is 0 Å². The molecule has 2 rings (SSSR count). The molecule has 0 bridgehead atoms. The molecule has 1 amide bonds. The molecule has 120 valence electrons. The van der Waals surface area contributed by atoms with Gasteiger partial charge in [0.25, 0.3) is 0 Å². The Hall–Kier alpha value is -1.33. The average Bonchev–Trinajstić information content (AvgIpc) is 2.42. The van der Waals surface area contributed by atoms with Gasteiger partial charge in [0.2, 0.25) is 5.91 Å². The Bertz CT molecular complexity index is 591. The highest BCUT2D eigenvalue weighted by Crippen LogP contribution is 2.28. The molecule has 0 aromatic heterocycles. The number of benzene rings is 1. The zero-order valence-electron chi connectivity index (χ0n) is 13.5. The van der Waals surface area contributed by atoms with E-state index in [4.69, 9.17) is 4.74 Å². The van der Waals surface area contributed by atoms with Crippen molar-refractivity contribution >= 4 is 27.9 Å². The molecule has 0 saturated carbocycles. The van der Waals surface area contributed by atoms with Crippen molar-refractivity contribution in [2.75, 3.05) is 13.2 Å². The highest BCUT2D eigenvalue weighted by molar-refractivity contribution is 9.10. The van der Waals surface area contributed by atoms with Crippen LogP contribution in [0.1, 0.15) is 33.3 Å². The SMILES string of the molecule is CC(NCC1=Cc2cc(Br)ccc2OC1)C(=O)NC(C)(C)C. The topological polar surface area (TPSA) is 50.4 Å². The molecule has 0 saturated heterocycles. The van der Waals surface area contributed by atoms with E-state index in [0.717, 1.165) is 21.4 Å². The Labute approximate surface area is 140 Å². The summed E-state index contributed by atoms with van der Waals surface area (Å²) >= 11 is 3.47. The normalized spacial score (nSPS) is 15.4. The lowest BCUT2D eigenvalue weighted by atomic mass is 10.1. The molecular weight excluding hydrogens is 344 g/mol. The number of fused-ring (bicyclic) bond motifs is 1. The first kappa shape index (κ1) is 17.0. The van der Waals surface area contributed by atoms with Gasteiger partial charge in [-0.25, -0.2) is 0 Å². The summed E-state index contributed by atoms with van der Waals surface area (Å²) in [7, 11) is 0. The Kier molecular flexibility index (Phi) is 5.29. The highest BCUT2D eigenvalue weighted by atomic mass is 79.9. The summed E-state index contributed by atoms with van der Waals surface area (Å²) in [5, 5.41) is 6.22. The second kappa shape index (κ2) is 6.84. The van der Waals surface area contributed by atoms with Crippen LogP contribution in [-0.4, -0.2) is 30.6 Å². The second-order valence-corrected chi connectivity index (χ2v) is 7.53. The van der Waals surface area contributed by atoms with Gasteiger partial charge in [-0.3, -0.25) is 4.79 Å². The Morgan fingerprint density at radius 1 is 1.41 bits per heavy atom. The number of carbonyl (C=O) groups is 1. The molecule has 0 spiro atoms. The van der Waals surface area contributed by atoms with Gasteiger partial charge >= 0.3 is 0 Å². The molecule has 22 heavy (non-hydrogen) atoms. The number of ether oxygens (including phenoxy) is 1. The van der Waals surface area contributed by atoms with Crippen LogP contribution in [0, 0.1) is 0 Å². The summed E-state index contributed by atoms with van der Waals surface area (Å²) < 4.78 is 6.76. The third kappa shape index (κ3) is 4.85. The third-order valence-corrected chi connectivity index (χ3v) is 3.76. The van der Waals surface area contributed by atoms with Crippen molar-refractivity contribution in [3.63, 3.8) is 0 Å². The van der Waals surface area contributed by atoms with Crippen LogP contribution < -0.4 is 15.4 Å². The molecule has 0 fully saturated rings. The van der Waals surface area contributed by atoms with E-state index >= 15 is 0 Å². The molecule has 5 heteroatoms. The predicted molar refractivity (Wildman–Crippen MR) is 93.0 cm³/mol. The van der Waals surface area contributed by atoms with Crippen molar-refractivity contribution in [2.45, 2.75) is 39.3 Å². The number of nitrogens with one attached hydrogen (secondary N) is 2. The third-order valence-electron chi connectivity index (χ3n) is 3.27. The monoisotopic (exact) mass is 366 g/mol. The van der Waals surface area contributed by atoms with E-state index in [-0.39, 0.29) is 17.5 Å². The van der Waals surface area contributed by atoms with Crippen LogP contribution >= 0.6 is 15.9 Å². The van der Waals surface area contributed by atoms with Crippen LogP contribution in [-0.2, 0) is 4.79 Å². The lowest BCUT2D eigenvalue weighted by Crippen LogP contribution is -2.50. The number of hydrogen-bond acceptors (Lipinski definition) is 3. The summed E-state index contributed by atoms with van der Waals surface area (Å²) in [5.74, 6) is 0.901. The van der Waals surface area contributed by atoms with E-state index in [0.29, 0.717) is 13.2 Å². The van der Waals surface area contributed by atoms with Gasteiger partial charge in [0.1, 0.15) is 12.4 Å². The summed E-state index contributed by atoms with van der Waals surface area (Å²) in [6.07, 6.45) is 2.12. The minimum atomic E-state index is -0.246. The maximum absolute atomic E-state index is 12.0. The lowest BCUT2D eigenvalue weighted by molar-refractivity contribution is -0.124. The summed E-state index contributed by atoms with van der Waals surface area (Å²) in [5.41, 5.74) is 1.97. The van der Waals surface area contributed by atoms with E-state index in [9.17, 15) is 4.79 Å². The summed E-state index contributed by atoms with van der Waals surface area (Å²) in [6.45, 7) is 8.98. The largest absolute Gasteiger partial charge is 0.489 e. The standard InChI is InChI=1S/C17H23BrN2O2/c1-11(16(21)20-17(2,3)4)19-9-12-7-13-8-14(18)5-6-15(13)22-10-12/h5-8,11,19H,9-10H2,1-4H3,(H,20,21). The Morgan fingerprint density at radius 2 is 2.14 bits per heavy atom. The van der Waals surface area contributed by atoms with Gasteiger partial charge in [-0.2, -0.15) is 0 Å². The molecule has 1 aliphatic rings. The number of hydrogen-bond donors (Lipinski definition) is 2. The fourth-order valence-corrected chi connectivity index (χ4v) is 2.53. The summed E-state index contributed by atoms with van der Waals surface area (Å²) in [6, 6.07) is 5.71. The van der Waals surface area contributed by atoms with Crippen LogP contribution in [0.25, 0.3) is 6.08 Å². The first-order valence-electron chi connectivity index (χ1n) is 7.42. The van der Waals surface area contributed by atoms with Gasteiger partial charge in [0.05, 0.1) is 6.04 Å². The number of halogens is 1. The maximum Gasteiger partial charge on any atom is 0.237 e. The van der Waals surface area contributed by atoms with Gasteiger partial charge in [-0.05, 0) is 57.5 Å². The zero-order chi connectivity index (χ0) is 16.3. The van der Waals surface area contributed by atoms with Crippen LogP contribution in [0.15, 0.2) is 28.2 Å². The number of rotatable bonds is 4. The van der Waals surface area contributed by atoms with E-state index < -0.39 is 0 Å². The smallest absolute Gasteiger partial charge is 0.237 e. The van der Waals surface area contributed by atoms with Gasteiger partial charge in [0.15, 0.2) is 0 Å². The second-order valence-electron chi connectivity index (χ2n) is 6.62. The Morgan fingerprint density at radius 3 is 2.82 bits per heavy atom. The van der Waals surface area contributed by atoms with E-state index in [2.05, 4.69) is 32.6 Å². The van der Waals surface area contributed by atoms with Crippen LogP contribution in [0.5, 0.6) is 5.75 Å². The van der Waals surface area contributed by atoms with E-state index in [1.165, 1.54) is 0 Å². The predicted octanol–water partition coefficient (Wildman–Crippen LogP) is 3.12. The van der Waals surface area contributed by atoms with Gasteiger partial charge in [0, 0.05) is 22.1 Å². The zero-order valence-corrected chi connectivity index (χ0v) is 15.1. The van der Waals surface area contributed by atoms with Crippen molar-refractivity contribution in [2.24, 2.45) is 0 Å². The van der Waals surface area contributed by atoms with Gasteiger partial charge in [-0.15, -0.1) is 0 Å². The number of carbonyl (C=O) groups excluding carboxylic acids is 1. The van der Waals surface area contributed by atoms with Crippen LogP contribution in [0.4, 0.5) is 0 Å². The fraction of sp³-hybridized carbons (Fsp3) is 0.471. The van der Waals surface area contributed by atoms with Crippen molar-refractivity contribution in [3.05, 3.63) is 33.8 Å². The van der Waals surface area contributed by atoms with Gasteiger partial charge in [-0.1, -0.05) is 15.9 Å². The molecule has 0 radical (unpaired) electrons. The molecule has 1 atom stereocenters. The molecule has 4 nitrogen and oxygen atoms in total. The highest BCUT2D eigenvalue weighted by Gasteiger charge is 2.19. The van der Waals surface area contributed by atoms with E-state index in [1.807, 2.05) is 45.9 Å². The van der Waals surface area contributed by atoms with E-state index in [1.54, 1.807) is 0 Å². The van der Waals surface area contributed by atoms with Crippen molar-refractivity contribution in [3.8, 4) is 5.75 Å². The molecule has 1 aliphatic heterocycles. The quantitative estimate of drug-likeness (QED) is 0.860. The van der Waals surface area contributed by atoms with Crippen molar-refractivity contribution in [1.29, 1.82) is 0 Å². The molecule has 2 N–H and O–H groups in total.